The van der Waals surface area contributed by atoms with E-state index >= 15 is 0 Å². The van der Waals surface area contributed by atoms with Crippen LogP contribution in [0.4, 0.5) is 0 Å². The van der Waals surface area contributed by atoms with Crippen molar-refractivity contribution in [3.63, 3.8) is 0 Å². The smallest absolute Gasteiger partial charge is 0.0635 e. The molecule has 0 aliphatic heterocycles. The van der Waals surface area contributed by atoms with Gasteiger partial charge in [-0.2, -0.15) is 5.10 Å². The highest BCUT2D eigenvalue weighted by Gasteiger charge is 2.22. The summed E-state index contributed by atoms with van der Waals surface area (Å²) < 4.78 is 3.11. The van der Waals surface area contributed by atoms with Gasteiger partial charge in [-0.15, -0.1) is 11.6 Å². The van der Waals surface area contributed by atoms with Crippen LogP contribution in [0.3, 0.4) is 0 Å². The summed E-state index contributed by atoms with van der Waals surface area (Å²) in [5.41, 5.74) is 1.41. The Labute approximate surface area is 111 Å². The second-order valence-electron chi connectivity index (χ2n) is 5.13. The van der Waals surface area contributed by atoms with Crippen molar-refractivity contribution in [1.29, 1.82) is 0 Å². The first kappa shape index (κ1) is 14.0. The van der Waals surface area contributed by atoms with E-state index in [9.17, 15) is 0 Å². The van der Waals surface area contributed by atoms with Crippen LogP contribution >= 0.6 is 27.5 Å². The zero-order chi connectivity index (χ0) is 12.3. The van der Waals surface area contributed by atoms with Crippen LogP contribution < -0.4 is 0 Å². The van der Waals surface area contributed by atoms with Crippen LogP contribution in [-0.2, 0) is 13.0 Å². The second-order valence-corrected chi connectivity index (χ2v) is 6.51. The Kier molecular flexibility index (Phi) is 4.87. The van der Waals surface area contributed by atoms with Crippen molar-refractivity contribution >= 4 is 27.5 Å². The number of aryl methyl sites for hydroxylation is 1. The first-order valence-electron chi connectivity index (χ1n) is 5.70. The fourth-order valence-electron chi connectivity index (χ4n) is 1.61. The highest BCUT2D eigenvalue weighted by Crippen LogP contribution is 2.29. The maximum atomic E-state index is 6.38. The molecular formula is C12H20BrClN2. The molecule has 1 rings (SSSR count). The molecule has 16 heavy (non-hydrogen) atoms. The predicted octanol–water partition coefficient (Wildman–Crippen LogP) is 4.25. The number of alkyl halides is 1. The van der Waals surface area contributed by atoms with Crippen molar-refractivity contribution in [3.05, 3.63) is 16.4 Å². The molecule has 1 atom stereocenters. The number of aromatic nitrogens is 2. The molecule has 0 saturated heterocycles. The molecule has 0 bridgehead atoms. The normalized spacial score (nSPS) is 14.1. The van der Waals surface area contributed by atoms with Crippen LogP contribution in [0.15, 0.2) is 10.7 Å². The molecule has 92 valence electrons. The summed E-state index contributed by atoms with van der Waals surface area (Å²) in [6, 6.07) is 0. The van der Waals surface area contributed by atoms with Gasteiger partial charge in [0.15, 0.2) is 0 Å². The minimum atomic E-state index is 0.158. The zero-order valence-electron chi connectivity index (χ0n) is 10.4. The predicted molar refractivity (Wildman–Crippen MR) is 73.0 cm³/mol. The molecule has 0 radical (unpaired) electrons. The molecule has 0 amide bonds. The minimum Gasteiger partial charge on any atom is -0.269 e. The lowest BCUT2D eigenvalue weighted by Gasteiger charge is -2.25. The highest BCUT2D eigenvalue weighted by atomic mass is 79.9. The fourth-order valence-corrected chi connectivity index (χ4v) is 2.21. The maximum absolute atomic E-state index is 6.38. The molecule has 0 aliphatic rings. The summed E-state index contributed by atoms with van der Waals surface area (Å²) in [6.45, 7) is 9.54. The van der Waals surface area contributed by atoms with E-state index in [0.29, 0.717) is 0 Å². The van der Waals surface area contributed by atoms with Gasteiger partial charge >= 0.3 is 0 Å². The maximum Gasteiger partial charge on any atom is 0.0635 e. The first-order chi connectivity index (χ1) is 7.36. The minimum absolute atomic E-state index is 0.158. The topological polar surface area (TPSA) is 17.8 Å². The standard InChI is InChI=1S/C12H20BrClN2/c1-5-16-10(9(13)8-15-16)6-7-11(14)12(2,3)4/h8,11H,5-7H2,1-4H3. The van der Waals surface area contributed by atoms with Crippen LogP contribution in [0.2, 0.25) is 0 Å². The van der Waals surface area contributed by atoms with E-state index in [2.05, 4.69) is 48.7 Å². The molecular weight excluding hydrogens is 288 g/mol. The molecule has 1 heterocycles. The van der Waals surface area contributed by atoms with Crippen molar-refractivity contribution in [2.45, 2.75) is 52.5 Å². The number of hydrogen-bond acceptors (Lipinski definition) is 1. The van der Waals surface area contributed by atoms with Gasteiger partial charge in [0, 0.05) is 11.9 Å². The lowest BCUT2D eigenvalue weighted by atomic mass is 9.89. The largest absolute Gasteiger partial charge is 0.269 e. The molecule has 0 saturated carbocycles. The Balaban J connectivity index is 2.64. The summed E-state index contributed by atoms with van der Waals surface area (Å²) in [7, 11) is 0. The summed E-state index contributed by atoms with van der Waals surface area (Å²) in [4.78, 5) is 0. The van der Waals surface area contributed by atoms with Crippen molar-refractivity contribution in [3.8, 4) is 0 Å². The van der Waals surface area contributed by atoms with E-state index in [1.807, 2.05) is 10.9 Å². The Bertz CT molecular complexity index is 341. The van der Waals surface area contributed by atoms with Crippen molar-refractivity contribution < 1.29 is 0 Å². The van der Waals surface area contributed by atoms with E-state index in [0.717, 1.165) is 23.9 Å². The van der Waals surface area contributed by atoms with Crippen molar-refractivity contribution in [2.24, 2.45) is 5.41 Å². The third-order valence-corrected chi connectivity index (χ3v) is 4.31. The first-order valence-corrected chi connectivity index (χ1v) is 6.93. The van der Waals surface area contributed by atoms with Crippen LogP contribution in [-0.4, -0.2) is 15.2 Å². The average molecular weight is 308 g/mol. The summed E-state index contributed by atoms with van der Waals surface area (Å²) in [5, 5.41) is 4.50. The van der Waals surface area contributed by atoms with Crippen LogP contribution in [0.5, 0.6) is 0 Å². The number of nitrogens with zero attached hydrogens (tertiary/aromatic N) is 2. The molecule has 0 aliphatic carbocycles. The third kappa shape index (κ3) is 3.49. The number of rotatable bonds is 4. The van der Waals surface area contributed by atoms with Gasteiger partial charge in [-0.25, -0.2) is 0 Å². The summed E-state index contributed by atoms with van der Waals surface area (Å²) in [6.07, 6.45) is 3.81. The molecule has 0 aromatic carbocycles. The van der Waals surface area contributed by atoms with E-state index in [-0.39, 0.29) is 10.8 Å². The second kappa shape index (κ2) is 5.54. The van der Waals surface area contributed by atoms with Gasteiger partial charge in [-0.05, 0) is 41.1 Å². The van der Waals surface area contributed by atoms with Gasteiger partial charge in [-0.3, -0.25) is 4.68 Å². The molecule has 1 unspecified atom stereocenters. The highest BCUT2D eigenvalue weighted by molar-refractivity contribution is 9.10. The average Bonchev–Trinajstić information content (AvgIpc) is 2.54. The van der Waals surface area contributed by atoms with Gasteiger partial charge in [0.05, 0.1) is 16.4 Å². The van der Waals surface area contributed by atoms with E-state index in [1.54, 1.807) is 0 Å². The van der Waals surface area contributed by atoms with Gasteiger partial charge in [-0.1, -0.05) is 20.8 Å². The zero-order valence-corrected chi connectivity index (χ0v) is 12.8. The Morgan fingerprint density at radius 1 is 1.50 bits per heavy atom. The molecule has 2 nitrogen and oxygen atoms in total. The SMILES string of the molecule is CCn1ncc(Br)c1CCC(Cl)C(C)(C)C. The van der Waals surface area contributed by atoms with Gasteiger partial charge < -0.3 is 0 Å². The molecule has 0 fully saturated rings. The molecule has 1 aromatic heterocycles. The van der Waals surface area contributed by atoms with Crippen molar-refractivity contribution in [1.82, 2.24) is 9.78 Å². The lowest BCUT2D eigenvalue weighted by molar-refractivity contribution is 0.371. The summed E-state index contributed by atoms with van der Waals surface area (Å²) in [5.74, 6) is 0. The lowest BCUT2D eigenvalue weighted by Crippen LogP contribution is -2.21. The summed E-state index contributed by atoms with van der Waals surface area (Å²) >= 11 is 9.91. The number of halogens is 2. The molecule has 0 spiro atoms. The number of hydrogen-bond donors (Lipinski definition) is 0. The van der Waals surface area contributed by atoms with E-state index in [4.69, 9.17) is 11.6 Å². The van der Waals surface area contributed by atoms with E-state index in [1.165, 1.54) is 5.69 Å². The van der Waals surface area contributed by atoms with Crippen LogP contribution in [0.25, 0.3) is 0 Å². The molecule has 1 aromatic rings. The quantitative estimate of drug-likeness (QED) is 0.760. The molecule has 0 N–H and O–H groups in total. The Morgan fingerprint density at radius 2 is 2.12 bits per heavy atom. The van der Waals surface area contributed by atoms with Crippen LogP contribution in [0, 0.1) is 5.41 Å². The van der Waals surface area contributed by atoms with Crippen molar-refractivity contribution in [2.75, 3.05) is 0 Å². The molecule has 4 heteroatoms. The van der Waals surface area contributed by atoms with Gasteiger partial charge in [0.1, 0.15) is 0 Å². The third-order valence-electron chi connectivity index (χ3n) is 2.77. The Morgan fingerprint density at radius 3 is 2.62 bits per heavy atom. The van der Waals surface area contributed by atoms with Gasteiger partial charge in [0.2, 0.25) is 0 Å². The Hall–Kier alpha value is -0.0200. The van der Waals surface area contributed by atoms with E-state index < -0.39 is 0 Å². The monoisotopic (exact) mass is 306 g/mol. The van der Waals surface area contributed by atoms with Crippen LogP contribution in [0.1, 0.15) is 39.8 Å². The fraction of sp³-hybridized carbons (Fsp3) is 0.750. The van der Waals surface area contributed by atoms with Gasteiger partial charge in [0.25, 0.3) is 0 Å².